The van der Waals surface area contributed by atoms with Gasteiger partial charge in [0.25, 0.3) is 0 Å². The van der Waals surface area contributed by atoms with E-state index in [2.05, 4.69) is 0 Å². The van der Waals surface area contributed by atoms with E-state index < -0.39 is 22.7 Å². The van der Waals surface area contributed by atoms with Gasteiger partial charge >= 0.3 is 6.18 Å². The first kappa shape index (κ1) is 11.6. The van der Waals surface area contributed by atoms with Crippen molar-refractivity contribution >= 4 is 11.1 Å². The molecule has 0 spiro atoms. The number of hydrogen-bond acceptors (Lipinski definition) is 2. The molecule has 1 unspecified atom stereocenters. The average molecular weight is 249 g/mol. The van der Waals surface area contributed by atoms with Crippen LogP contribution in [0.4, 0.5) is 13.2 Å². The lowest BCUT2D eigenvalue weighted by Gasteiger charge is -2.19. The molecular formula is C10H8F3O2S-. The van der Waals surface area contributed by atoms with Gasteiger partial charge in [0.15, 0.2) is 0 Å². The minimum atomic E-state index is -4.26. The lowest BCUT2D eigenvalue weighted by atomic mass is 9.95. The second-order valence-corrected chi connectivity index (χ2v) is 4.78. The summed E-state index contributed by atoms with van der Waals surface area (Å²) in [4.78, 5) is 0.00160. The van der Waals surface area contributed by atoms with Crippen LogP contribution < -0.4 is 0 Å². The van der Waals surface area contributed by atoms with Crippen LogP contribution in [0.5, 0.6) is 0 Å². The highest BCUT2D eigenvalue weighted by molar-refractivity contribution is 7.79. The molecule has 1 saturated carbocycles. The Morgan fingerprint density at radius 1 is 1.19 bits per heavy atom. The molecule has 1 aromatic rings. The fraction of sp³-hybridized carbons (Fsp3) is 0.400. The van der Waals surface area contributed by atoms with Crippen LogP contribution in [-0.4, -0.2) is 14.9 Å². The number of halogens is 3. The maximum atomic E-state index is 12.7. The molecule has 88 valence electrons. The van der Waals surface area contributed by atoms with Crippen LogP contribution in [0.3, 0.4) is 0 Å². The van der Waals surface area contributed by atoms with Crippen molar-refractivity contribution in [3.8, 4) is 0 Å². The molecule has 1 aromatic carbocycles. The van der Waals surface area contributed by atoms with Crippen LogP contribution in [0.25, 0.3) is 0 Å². The van der Waals surface area contributed by atoms with E-state index >= 15 is 0 Å². The summed E-state index contributed by atoms with van der Waals surface area (Å²) < 4.78 is 59.3. The Bertz CT molecular complexity index is 421. The molecule has 0 radical (unpaired) electrons. The van der Waals surface area contributed by atoms with Crippen molar-refractivity contribution in [1.29, 1.82) is 0 Å². The zero-order valence-corrected chi connectivity index (χ0v) is 8.90. The van der Waals surface area contributed by atoms with Gasteiger partial charge in [0.2, 0.25) is 0 Å². The van der Waals surface area contributed by atoms with Crippen LogP contribution in [0.1, 0.15) is 18.4 Å². The van der Waals surface area contributed by atoms with Crippen molar-refractivity contribution in [2.75, 3.05) is 0 Å². The molecule has 0 aliphatic heterocycles. The summed E-state index contributed by atoms with van der Waals surface area (Å²) in [7, 11) is 0. The Kier molecular flexibility index (Phi) is 2.58. The van der Waals surface area contributed by atoms with Crippen molar-refractivity contribution < 1.29 is 21.9 Å². The maximum absolute atomic E-state index is 12.7. The van der Waals surface area contributed by atoms with Crippen LogP contribution >= 0.6 is 0 Å². The molecule has 1 aliphatic rings. The minimum Gasteiger partial charge on any atom is -0.768 e. The van der Waals surface area contributed by atoms with Gasteiger partial charge in [-0.3, -0.25) is 4.21 Å². The Labute approximate surface area is 92.8 Å². The molecule has 1 atom stereocenters. The van der Waals surface area contributed by atoms with Gasteiger partial charge in [-0.1, -0.05) is 12.1 Å². The first-order valence-electron chi connectivity index (χ1n) is 4.63. The van der Waals surface area contributed by atoms with E-state index in [1.807, 2.05) is 0 Å². The third-order valence-electron chi connectivity index (χ3n) is 2.89. The molecule has 6 heteroatoms. The summed E-state index contributed by atoms with van der Waals surface area (Å²) in [5.41, 5.74) is -1.59. The number of rotatable bonds is 2. The lowest BCUT2D eigenvalue weighted by molar-refractivity contribution is -0.160. The van der Waals surface area contributed by atoms with Gasteiger partial charge < -0.3 is 4.55 Å². The highest BCUT2D eigenvalue weighted by atomic mass is 32.2. The lowest BCUT2D eigenvalue weighted by Crippen LogP contribution is -2.28. The zero-order valence-electron chi connectivity index (χ0n) is 8.08. The van der Waals surface area contributed by atoms with Crippen molar-refractivity contribution in [2.24, 2.45) is 0 Å². The molecule has 0 amide bonds. The Morgan fingerprint density at radius 2 is 1.69 bits per heavy atom. The summed E-state index contributed by atoms with van der Waals surface area (Å²) in [5, 5.41) is 0. The minimum absolute atomic E-state index is 0.00160. The normalized spacial score (nSPS) is 20.5. The second kappa shape index (κ2) is 3.56. The smallest absolute Gasteiger partial charge is 0.398 e. The molecular weight excluding hydrogens is 241 g/mol. The third-order valence-corrected chi connectivity index (χ3v) is 3.55. The Hall–Kier alpha value is -0.880. The zero-order chi connectivity index (χ0) is 12.0. The molecule has 2 nitrogen and oxygen atoms in total. The van der Waals surface area contributed by atoms with E-state index in [0.29, 0.717) is 0 Å². The van der Waals surface area contributed by atoms with Crippen molar-refractivity contribution in [3.63, 3.8) is 0 Å². The summed E-state index contributed by atoms with van der Waals surface area (Å²) in [6, 6.07) is 4.88. The average Bonchev–Trinajstić information content (AvgIpc) is 2.97. The first-order chi connectivity index (χ1) is 7.37. The number of alkyl halides is 3. The Balaban J connectivity index is 2.33. The van der Waals surface area contributed by atoms with E-state index in [1.54, 1.807) is 0 Å². The number of benzene rings is 1. The van der Waals surface area contributed by atoms with Gasteiger partial charge in [0.05, 0.1) is 5.41 Å². The van der Waals surface area contributed by atoms with E-state index in [4.69, 9.17) is 0 Å². The topological polar surface area (TPSA) is 40.1 Å². The molecule has 0 aromatic heterocycles. The van der Waals surface area contributed by atoms with Crippen LogP contribution in [0.15, 0.2) is 29.2 Å². The SMILES string of the molecule is O=S([O-])c1ccc(C2(C(F)(F)F)CC2)cc1. The summed E-state index contributed by atoms with van der Waals surface area (Å²) >= 11 is -2.40. The summed E-state index contributed by atoms with van der Waals surface area (Å²) in [6.45, 7) is 0. The van der Waals surface area contributed by atoms with Crippen molar-refractivity contribution in [3.05, 3.63) is 29.8 Å². The molecule has 2 rings (SSSR count). The highest BCUT2D eigenvalue weighted by Crippen LogP contribution is 2.58. The molecule has 0 N–H and O–H groups in total. The van der Waals surface area contributed by atoms with Gasteiger partial charge in [-0.15, -0.1) is 0 Å². The van der Waals surface area contributed by atoms with Crippen LogP contribution in [0, 0.1) is 0 Å². The molecule has 1 fully saturated rings. The fourth-order valence-electron chi connectivity index (χ4n) is 1.75. The standard InChI is InChI=1S/C10H9F3O2S/c11-10(12,13)9(5-6-9)7-1-3-8(4-2-7)16(14)15/h1-4H,5-6H2,(H,14,15)/p-1. The predicted molar refractivity (Wildman–Crippen MR) is 50.6 cm³/mol. The largest absolute Gasteiger partial charge is 0.768 e. The molecule has 0 saturated heterocycles. The fourth-order valence-corrected chi connectivity index (χ4v) is 2.10. The van der Waals surface area contributed by atoms with Gasteiger partial charge in [-0.25, -0.2) is 0 Å². The summed E-state index contributed by atoms with van der Waals surface area (Å²) in [5.74, 6) is 0. The van der Waals surface area contributed by atoms with Gasteiger partial charge in [0.1, 0.15) is 0 Å². The van der Waals surface area contributed by atoms with Crippen LogP contribution in [-0.2, 0) is 16.5 Å². The van der Waals surface area contributed by atoms with E-state index in [9.17, 15) is 21.9 Å². The highest BCUT2D eigenvalue weighted by Gasteiger charge is 2.64. The molecule has 0 bridgehead atoms. The van der Waals surface area contributed by atoms with Gasteiger partial charge in [0, 0.05) is 4.90 Å². The van der Waals surface area contributed by atoms with Crippen LogP contribution in [0.2, 0.25) is 0 Å². The van der Waals surface area contributed by atoms with Gasteiger partial charge in [-0.2, -0.15) is 13.2 Å². The van der Waals surface area contributed by atoms with E-state index in [1.165, 1.54) is 24.3 Å². The molecule has 16 heavy (non-hydrogen) atoms. The monoisotopic (exact) mass is 249 g/mol. The second-order valence-electron chi connectivity index (χ2n) is 3.84. The quantitative estimate of drug-likeness (QED) is 0.755. The van der Waals surface area contributed by atoms with Crippen molar-refractivity contribution in [1.82, 2.24) is 0 Å². The number of hydrogen-bond donors (Lipinski definition) is 0. The maximum Gasteiger partial charge on any atom is 0.398 e. The summed E-state index contributed by atoms with van der Waals surface area (Å²) in [6.07, 6.45) is -4.10. The molecule has 0 heterocycles. The van der Waals surface area contributed by atoms with E-state index in [0.717, 1.165) is 0 Å². The first-order valence-corrected chi connectivity index (χ1v) is 5.71. The predicted octanol–water partition coefficient (Wildman–Crippen LogP) is 2.52. The van der Waals surface area contributed by atoms with Gasteiger partial charge in [-0.05, 0) is 41.6 Å². The third kappa shape index (κ3) is 1.76. The Morgan fingerprint density at radius 3 is 2.00 bits per heavy atom. The van der Waals surface area contributed by atoms with Crippen molar-refractivity contribution in [2.45, 2.75) is 29.3 Å². The van der Waals surface area contributed by atoms with E-state index in [-0.39, 0.29) is 23.3 Å². The molecule has 1 aliphatic carbocycles.